The van der Waals surface area contributed by atoms with E-state index in [1.807, 2.05) is 0 Å². The maximum atomic E-state index is 10.3. The molecule has 0 radical (unpaired) electrons. The standard InChI is InChI=1S/C22H34O2/c1-2-3-4-5-6-7-8-9-10-11-12-13-14-15-16-17-18-19-20-21-22(23)24/h3-4,6-7,9-10,12-13,15-16H,2,5,8,11,14,17-21H2,1H3,(H,23,24)/b4-3+,7-6+,10-9+,13-12+,16-15+. The van der Waals surface area contributed by atoms with Gasteiger partial charge in [0.25, 0.3) is 0 Å². The van der Waals surface area contributed by atoms with Gasteiger partial charge in [0.1, 0.15) is 0 Å². The number of hydrogen-bond donors (Lipinski definition) is 1. The minimum absolute atomic E-state index is 0.297. The van der Waals surface area contributed by atoms with Crippen LogP contribution in [0.1, 0.15) is 71.1 Å². The highest BCUT2D eigenvalue weighted by Crippen LogP contribution is 2.04. The van der Waals surface area contributed by atoms with Gasteiger partial charge in [-0.15, -0.1) is 0 Å². The van der Waals surface area contributed by atoms with E-state index in [1.165, 1.54) is 0 Å². The average molecular weight is 331 g/mol. The van der Waals surface area contributed by atoms with Crippen molar-refractivity contribution < 1.29 is 9.90 Å². The summed E-state index contributed by atoms with van der Waals surface area (Å²) in [5, 5.41) is 8.52. The summed E-state index contributed by atoms with van der Waals surface area (Å²) in [6.45, 7) is 2.15. The van der Waals surface area contributed by atoms with Crippen molar-refractivity contribution >= 4 is 5.97 Å². The third kappa shape index (κ3) is 20.2. The lowest BCUT2D eigenvalue weighted by Crippen LogP contribution is -1.93. The van der Waals surface area contributed by atoms with E-state index in [-0.39, 0.29) is 0 Å². The van der Waals surface area contributed by atoms with Crippen LogP contribution in [-0.4, -0.2) is 11.1 Å². The van der Waals surface area contributed by atoms with Gasteiger partial charge in [-0.25, -0.2) is 0 Å². The van der Waals surface area contributed by atoms with E-state index >= 15 is 0 Å². The van der Waals surface area contributed by atoms with Crippen LogP contribution < -0.4 is 0 Å². The molecule has 0 rings (SSSR count). The SMILES string of the molecule is CC/C=C/C/C=C/C/C=C/C/C=C/C/C=C/CCCCCC(=O)O. The Morgan fingerprint density at radius 1 is 0.667 bits per heavy atom. The number of unbranched alkanes of at least 4 members (excludes halogenated alkanes) is 3. The number of carbonyl (C=O) groups is 1. The predicted molar refractivity (Wildman–Crippen MR) is 105 cm³/mol. The van der Waals surface area contributed by atoms with Gasteiger partial charge in [0.2, 0.25) is 0 Å². The first-order chi connectivity index (χ1) is 11.8. The second kappa shape index (κ2) is 19.2. The fourth-order valence-electron chi connectivity index (χ4n) is 2.08. The highest BCUT2D eigenvalue weighted by molar-refractivity contribution is 5.66. The Bertz CT molecular complexity index is 425. The highest BCUT2D eigenvalue weighted by Gasteiger charge is 1.94. The van der Waals surface area contributed by atoms with E-state index < -0.39 is 5.97 Å². The predicted octanol–water partition coefficient (Wildman–Crippen LogP) is 6.77. The van der Waals surface area contributed by atoms with Gasteiger partial charge < -0.3 is 5.11 Å². The summed E-state index contributed by atoms with van der Waals surface area (Å²) in [5.74, 6) is -0.690. The molecule has 0 saturated heterocycles. The summed E-state index contributed by atoms with van der Waals surface area (Å²) < 4.78 is 0. The fourth-order valence-corrected chi connectivity index (χ4v) is 2.08. The van der Waals surface area contributed by atoms with E-state index in [4.69, 9.17) is 5.11 Å². The molecular weight excluding hydrogens is 296 g/mol. The molecule has 0 spiro atoms. The Labute approximate surface area is 148 Å². The van der Waals surface area contributed by atoms with E-state index in [9.17, 15) is 4.79 Å². The van der Waals surface area contributed by atoms with Crippen molar-refractivity contribution in [2.24, 2.45) is 0 Å². The Morgan fingerprint density at radius 2 is 1.12 bits per heavy atom. The van der Waals surface area contributed by atoms with Gasteiger partial charge in [-0.05, 0) is 51.4 Å². The maximum absolute atomic E-state index is 10.3. The van der Waals surface area contributed by atoms with E-state index in [2.05, 4.69) is 67.7 Å². The zero-order chi connectivity index (χ0) is 17.7. The summed E-state index contributed by atoms with van der Waals surface area (Å²) in [5.41, 5.74) is 0. The summed E-state index contributed by atoms with van der Waals surface area (Å²) >= 11 is 0. The lowest BCUT2D eigenvalue weighted by Gasteiger charge is -1.94. The second-order valence-corrected chi connectivity index (χ2v) is 5.70. The first kappa shape index (κ1) is 22.2. The van der Waals surface area contributed by atoms with E-state index in [0.717, 1.165) is 57.8 Å². The number of carboxylic acid groups (broad SMARTS) is 1. The molecule has 134 valence electrons. The summed E-state index contributed by atoms with van der Waals surface area (Å²) in [4.78, 5) is 10.3. The molecule has 0 aromatic rings. The molecule has 2 heteroatoms. The topological polar surface area (TPSA) is 37.3 Å². The molecular formula is C22H34O2. The minimum atomic E-state index is -0.690. The summed E-state index contributed by atoms with van der Waals surface area (Å²) in [6, 6.07) is 0. The van der Waals surface area contributed by atoms with Crippen LogP contribution in [0.5, 0.6) is 0 Å². The maximum Gasteiger partial charge on any atom is 0.303 e. The third-order valence-corrected chi connectivity index (χ3v) is 3.42. The van der Waals surface area contributed by atoms with Gasteiger partial charge in [-0.3, -0.25) is 4.79 Å². The Balaban J connectivity index is 3.42. The largest absolute Gasteiger partial charge is 0.481 e. The van der Waals surface area contributed by atoms with Crippen molar-refractivity contribution in [2.75, 3.05) is 0 Å². The third-order valence-electron chi connectivity index (χ3n) is 3.42. The van der Waals surface area contributed by atoms with Gasteiger partial charge in [0, 0.05) is 6.42 Å². The van der Waals surface area contributed by atoms with Crippen LogP contribution in [0.4, 0.5) is 0 Å². The number of rotatable bonds is 15. The molecule has 1 N–H and O–H groups in total. The number of hydrogen-bond acceptors (Lipinski definition) is 1. The first-order valence-corrected chi connectivity index (χ1v) is 9.24. The zero-order valence-corrected chi connectivity index (χ0v) is 15.2. The van der Waals surface area contributed by atoms with Gasteiger partial charge in [-0.1, -0.05) is 74.1 Å². The average Bonchev–Trinajstić information content (AvgIpc) is 2.56. The van der Waals surface area contributed by atoms with Crippen LogP contribution in [0.3, 0.4) is 0 Å². The van der Waals surface area contributed by atoms with Crippen molar-refractivity contribution in [2.45, 2.75) is 71.1 Å². The fraction of sp³-hybridized carbons (Fsp3) is 0.500. The molecule has 0 atom stereocenters. The molecule has 0 aliphatic rings. The van der Waals surface area contributed by atoms with Gasteiger partial charge in [0.15, 0.2) is 0 Å². The van der Waals surface area contributed by atoms with Crippen molar-refractivity contribution in [3.05, 3.63) is 60.8 Å². The Morgan fingerprint density at radius 3 is 1.58 bits per heavy atom. The summed E-state index contributed by atoms with van der Waals surface area (Å²) in [7, 11) is 0. The normalized spacial score (nSPS) is 12.7. The molecule has 0 bridgehead atoms. The summed E-state index contributed by atoms with van der Waals surface area (Å²) in [6.07, 6.45) is 31.3. The lowest BCUT2D eigenvalue weighted by atomic mass is 10.1. The second-order valence-electron chi connectivity index (χ2n) is 5.70. The van der Waals surface area contributed by atoms with Crippen LogP contribution in [0.2, 0.25) is 0 Å². The van der Waals surface area contributed by atoms with E-state index in [1.54, 1.807) is 0 Å². The monoisotopic (exact) mass is 330 g/mol. The van der Waals surface area contributed by atoms with E-state index in [0.29, 0.717) is 6.42 Å². The van der Waals surface area contributed by atoms with Crippen LogP contribution >= 0.6 is 0 Å². The molecule has 0 fully saturated rings. The quantitative estimate of drug-likeness (QED) is 0.265. The molecule has 0 aromatic heterocycles. The van der Waals surface area contributed by atoms with Crippen LogP contribution in [0.25, 0.3) is 0 Å². The number of aliphatic carboxylic acids is 1. The molecule has 0 amide bonds. The molecule has 0 aromatic carbocycles. The minimum Gasteiger partial charge on any atom is -0.481 e. The molecule has 0 unspecified atom stereocenters. The smallest absolute Gasteiger partial charge is 0.303 e. The number of carboxylic acids is 1. The van der Waals surface area contributed by atoms with Gasteiger partial charge >= 0.3 is 5.97 Å². The molecule has 0 aliphatic carbocycles. The highest BCUT2D eigenvalue weighted by atomic mass is 16.4. The van der Waals surface area contributed by atoms with Crippen molar-refractivity contribution in [1.82, 2.24) is 0 Å². The van der Waals surface area contributed by atoms with Crippen molar-refractivity contribution in [3.8, 4) is 0 Å². The Kier molecular flexibility index (Phi) is 17.8. The van der Waals surface area contributed by atoms with Crippen molar-refractivity contribution in [1.29, 1.82) is 0 Å². The van der Waals surface area contributed by atoms with Crippen LogP contribution in [0.15, 0.2) is 60.8 Å². The zero-order valence-electron chi connectivity index (χ0n) is 15.2. The molecule has 24 heavy (non-hydrogen) atoms. The molecule has 0 saturated carbocycles. The van der Waals surface area contributed by atoms with Crippen LogP contribution in [0, 0.1) is 0 Å². The first-order valence-electron chi connectivity index (χ1n) is 9.24. The van der Waals surface area contributed by atoms with Gasteiger partial charge in [-0.2, -0.15) is 0 Å². The van der Waals surface area contributed by atoms with Gasteiger partial charge in [0.05, 0.1) is 0 Å². The lowest BCUT2D eigenvalue weighted by molar-refractivity contribution is -0.137. The van der Waals surface area contributed by atoms with Crippen molar-refractivity contribution in [3.63, 3.8) is 0 Å². The number of allylic oxidation sites excluding steroid dienone is 10. The molecule has 0 heterocycles. The molecule has 0 aliphatic heterocycles. The Hall–Kier alpha value is -1.83. The van der Waals surface area contributed by atoms with Crippen LogP contribution in [-0.2, 0) is 4.79 Å². The molecule has 2 nitrogen and oxygen atoms in total.